The average Bonchev–Trinajstić information content (AvgIpc) is 2.21. The zero-order chi connectivity index (χ0) is 11.4. The Hall–Kier alpha value is -1.53. The zero-order valence-corrected chi connectivity index (χ0v) is 9.26. The van der Waals surface area contributed by atoms with Crippen molar-refractivity contribution in [1.29, 1.82) is 5.26 Å². The number of methoxy groups -OCH3 is 1. The first-order chi connectivity index (χ1) is 7.08. The maximum Gasteiger partial charge on any atom is 0.310 e. The summed E-state index contributed by atoms with van der Waals surface area (Å²) in [5.41, 5.74) is 1.94. The molecule has 0 aliphatic carbocycles. The number of benzene rings is 1. The molecule has 0 N–H and O–H groups in total. The number of nitriles is 1. The summed E-state index contributed by atoms with van der Waals surface area (Å²) in [7, 11) is 1.32. The Balaban J connectivity index is 3.09. The second kappa shape index (κ2) is 4.81. The molecule has 0 aliphatic heterocycles. The smallest absolute Gasteiger partial charge is 0.310 e. The van der Waals surface area contributed by atoms with Gasteiger partial charge in [-0.25, -0.2) is 0 Å². The molecule has 3 nitrogen and oxygen atoms in total. The minimum absolute atomic E-state index is 0.0876. The normalized spacial score (nSPS) is 9.47. The number of hydrogen-bond acceptors (Lipinski definition) is 3. The Labute approximate surface area is 93.2 Å². The van der Waals surface area contributed by atoms with E-state index in [1.807, 2.05) is 6.07 Å². The topological polar surface area (TPSA) is 50.1 Å². The molecule has 15 heavy (non-hydrogen) atoms. The van der Waals surface area contributed by atoms with Crippen molar-refractivity contribution in [1.82, 2.24) is 0 Å². The Bertz CT molecular complexity index is 435. The summed E-state index contributed by atoms with van der Waals surface area (Å²) in [6, 6.07) is 5.34. The van der Waals surface area contributed by atoms with Crippen molar-refractivity contribution in [3.8, 4) is 6.07 Å². The summed E-state index contributed by atoms with van der Waals surface area (Å²) in [6.07, 6.45) is 0.0876. The fraction of sp³-hybridized carbons (Fsp3) is 0.273. The van der Waals surface area contributed by atoms with Gasteiger partial charge >= 0.3 is 5.97 Å². The number of aryl methyl sites for hydroxylation is 1. The van der Waals surface area contributed by atoms with Gasteiger partial charge in [0.25, 0.3) is 0 Å². The van der Waals surface area contributed by atoms with Crippen LogP contribution in [0.15, 0.2) is 12.1 Å². The van der Waals surface area contributed by atoms with Crippen molar-refractivity contribution in [3.05, 3.63) is 33.8 Å². The quantitative estimate of drug-likeness (QED) is 0.723. The lowest BCUT2D eigenvalue weighted by Crippen LogP contribution is -2.05. The highest BCUT2D eigenvalue weighted by atomic mass is 35.5. The van der Waals surface area contributed by atoms with E-state index in [0.29, 0.717) is 16.1 Å². The lowest BCUT2D eigenvalue weighted by molar-refractivity contribution is -0.139. The lowest BCUT2D eigenvalue weighted by Gasteiger charge is -2.05. The van der Waals surface area contributed by atoms with Crippen LogP contribution in [-0.4, -0.2) is 13.1 Å². The minimum Gasteiger partial charge on any atom is -0.469 e. The van der Waals surface area contributed by atoms with Crippen molar-refractivity contribution < 1.29 is 9.53 Å². The molecule has 1 aromatic carbocycles. The van der Waals surface area contributed by atoms with Crippen LogP contribution in [-0.2, 0) is 16.0 Å². The first kappa shape index (κ1) is 11.5. The van der Waals surface area contributed by atoms with E-state index in [1.165, 1.54) is 7.11 Å². The molecule has 4 heteroatoms. The van der Waals surface area contributed by atoms with Gasteiger partial charge in [-0.3, -0.25) is 4.79 Å². The van der Waals surface area contributed by atoms with Crippen molar-refractivity contribution in [3.63, 3.8) is 0 Å². The van der Waals surface area contributed by atoms with Gasteiger partial charge in [-0.2, -0.15) is 5.26 Å². The fourth-order valence-electron chi connectivity index (χ4n) is 1.20. The van der Waals surface area contributed by atoms with E-state index in [2.05, 4.69) is 4.74 Å². The molecule has 0 atom stereocenters. The van der Waals surface area contributed by atoms with Crippen LogP contribution in [0.25, 0.3) is 0 Å². The standard InChI is InChI=1S/C11H10ClNO2/c1-7-3-10(12)8(4-9(7)6-13)5-11(14)15-2/h3-4H,5H2,1-2H3. The van der Waals surface area contributed by atoms with Gasteiger partial charge in [0.2, 0.25) is 0 Å². The maximum atomic E-state index is 11.1. The van der Waals surface area contributed by atoms with E-state index in [1.54, 1.807) is 19.1 Å². The van der Waals surface area contributed by atoms with Crippen LogP contribution in [0.1, 0.15) is 16.7 Å². The van der Waals surface area contributed by atoms with Gasteiger partial charge in [-0.1, -0.05) is 11.6 Å². The van der Waals surface area contributed by atoms with Crippen molar-refractivity contribution in [2.45, 2.75) is 13.3 Å². The molecule has 0 radical (unpaired) electrons. The number of hydrogen-bond donors (Lipinski definition) is 0. The molecule has 0 unspecified atom stereocenters. The lowest BCUT2D eigenvalue weighted by atomic mass is 10.0. The largest absolute Gasteiger partial charge is 0.469 e. The second-order valence-electron chi connectivity index (χ2n) is 3.12. The van der Waals surface area contributed by atoms with Crippen molar-refractivity contribution in [2.75, 3.05) is 7.11 Å². The highest BCUT2D eigenvalue weighted by Crippen LogP contribution is 2.21. The molecule has 1 aromatic rings. The van der Waals surface area contributed by atoms with Crippen molar-refractivity contribution in [2.24, 2.45) is 0 Å². The van der Waals surface area contributed by atoms with Gasteiger partial charge in [0, 0.05) is 5.02 Å². The molecule has 0 aliphatic rings. The summed E-state index contributed by atoms with van der Waals surface area (Å²) in [5.74, 6) is -0.371. The highest BCUT2D eigenvalue weighted by Gasteiger charge is 2.09. The number of carbonyl (C=O) groups is 1. The first-order valence-corrected chi connectivity index (χ1v) is 4.72. The van der Waals surface area contributed by atoms with E-state index in [4.69, 9.17) is 16.9 Å². The SMILES string of the molecule is COC(=O)Cc1cc(C#N)c(C)cc1Cl. The Morgan fingerprint density at radius 3 is 2.80 bits per heavy atom. The highest BCUT2D eigenvalue weighted by molar-refractivity contribution is 6.31. The van der Waals surface area contributed by atoms with E-state index in [-0.39, 0.29) is 12.4 Å². The molecule has 0 aromatic heterocycles. The molecule has 0 saturated heterocycles. The second-order valence-corrected chi connectivity index (χ2v) is 3.53. The van der Waals surface area contributed by atoms with Crippen molar-refractivity contribution >= 4 is 17.6 Å². The number of esters is 1. The van der Waals surface area contributed by atoms with E-state index in [9.17, 15) is 4.79 Å². The summed E-state index contributed by atoms with van der Waals surface area (Å²) in [6.45, 7) is 1.80. The number of nitrogens with zero attached hydrogens (tertiary/aromatic N) is 1. The third-order valence-electron chi connectivity index (χ3n) is 2.08. The predicted molar refractivity (Wildman–Crippen MR) is 56.6 cm³/mol. The molecule has 0 bridgehead atoms. The molecule has 0 saturated carbocycles. The summed E-state index contributed by atoms with van der Waals surface area (Å²) < 4.78 is 4.53. The van der Waals surface area contributed by atoms with Crippen LogP contribution in [0, 0.1) is 18.3 Å². The van der Waals surface area contributed by atoms with E-state index < -0.39 is 0 Å². The molecule has 0 fully saturated rings. The molecular weight excluding hydrogens is 214 g/mol. The summed E-state index contributed by atoms with van der Waals surface area (Å²) >= 11 is 5.94. The summed E-state index contributed by atoms with van der Waals surface area (Å²) in [4.78, 5) is 11.1. The molecule has 0 spiro atoms. The summed E-state index contributed by atoms with van der Waals surface area (Å²) in [5, 5.41) is 9.30. The number of ether oxygens (including phenoxy) is 1. The molecule has 0 heterocycles. The third-order valence-corrected chi connectivity index (χ3v) is 2.43. The van der Waals surface area contributed by atoms with Gasteiger partial charge in [0.05, 0.1) is 25.2 Å². The molecule has 0 amide bonds. The Kier molecular flexibility index (Phi) is 3.70. The Morgan fingerprint density at radius 1 is 1.60 bits per heavy atom. The van der Waals surface area contributed by atoms with Gasteiger partial charge < -0.3 is 4.74 Å². The molecule has 1 rings (SSSR count). The van der Waals surface area contributed by atoms with Crippen LogP contribution in [0.3, 0.4) is 0 Å². The van der Waals surface area contributed by atoms with Crippen LogP contribution < -0.4 is 0 Å². The van der Waals surface area contributed by atoms with Crippen LogP contribution in [0.2, 0.25) is 5.02 Å². The molecule has 78 valence electrons. The predicted octanol–water partition coefficient (Wildman–Crippen LogP) is 2.24. The average molecular weight is 224 g/mol. The van der Waals surface area contributed by atoms with E-state index >= 15 is 0 Å². The minimum atomic E-state index is -0.371. The number of carbonyl (C=O) groups excluding carboxylic acids is 1. The van der Waals surface area contributed by atoms with Crippen LogP contribution >= 0.6 is 11.6 Å². The Morgan fingerprint density at radius 2 is 2.27 bits per heavy atom. The van der Waals surface area contributed by atoms with Crippen LogP contribution in [0.5, 0.6) is 0 Å². The number of halogens is 1. The van der Waals surface area contributed by atoms with Gasteiger partial charge in [-0.05, 0) is 30.2 Å². The van der Waals surface area contributed by atoms with Crippen LogP contribution in [0.4, 0.5) is 0 Å². The monoisotopic (exact) mass is 223 g/mol. The van der Waals surface area contributed by atoms with Gasteiger partial charge in [0.15, 0.2) is 0 Å². The van der Waals surface area contributed by atoms with E-state index in [0.717, 1.165) is 5.56 Å². The third kappa shape index (κ3) is 2.71. The molecular formula is C11H10ClNO2. The maximum absolute atomic E-state index is 11.1. The zero-order valence-electron chi connectivity index (χ0n) is 8.50. The van der Waals surface area contributed by atoms with Gasteiger partial charge in [0.1, 0.15) is 0 Å². The fourth-order valence-corrected chi connectivity index (χ4v) is 1.49. The first-order valence-electron chi connectivity index (χ1n) is 4.34. The van der Waals surface area contributed by atoms with Gasteiger partial charge in [-0.15, -0.1) is 0 Å². The number of rotatable bonds is 2.